The number of rotatable bonds is 5. The Morgan fingerprint density at radius 1 is 1.33 bits per heavy atom. The zero-order chi connectivity index (χ0) is 15.2. The third-order valence-electron chi connectivity index (χ3n) is 4.30. The van der Waals surface area contributed by atoms with Gasteiger partial charge >= 0.3 is 0 Å². The van der Waals surface area contributed by atoms with Gasteiger partial charge in [0.25, 0.3) is 5.69 Å². The highest BCUT2D eigenvalue weighted by atomic mass is 79.9. The van der Waals surface area contributed by atoms with Crippen LogP contribution in [0.2, 0.25) is 0 Å². The van der Waals surface area contributed by atoms with Crippen LogP contribution < -0.4 is 5.32 Å². The van der Waals surface area contributed by atoms with Gasteiger partial charge in [0.1, 0.15) is 0 Å². The molecule has 0 heterocycles. The Hall–Kier alpha value is -1.10. The molecule has 0 bridgehead atoms. The van der Waals surface area contributed by atoms with Gasteiger partial charge < -0.3 is 5.32 Å². The standard InChI is InChI=1S/C16H23BrN2O2/c1-2-4-12-5-3-6-13(8-7-12)18-14-9-10-16(19(20)21)15(17)11-14/h9-13,18H,2-8H2,1H3. The summed E-state index contributed by atoms with van der Waals surface area (Å²) in [7, 11) is 0. The van der Waals surface area contributed by atoms with Crippen molar-refractivity contribution in [2.45, 2.75) is 57.9 Å². The van der Waals surface area contributed by atoms with E-state index in [9.17, 15) is 10.1 Å². The van der Waals surface area contributed by atoms with Gasteiger partial charge in [-0.2, -0.15) is 0 Å². The molecule has 1 fully saturated rings. The predicted octanol–water partition coefficient (Wildman–Crippen LogP) is 5.52. The first kappa shape index (κ1) is 16.3. The number of benzene rings is 1. The maximum Gasteiger partial charge on any atom is 0.283 e. The van der Waals surface area contributed by atoms with Crippen LogP contribution in [-0.2, 0) is 0 Å². The second-order valence-corrected chi connectivity index (χ2v) is 6.78. The summed E-state index contributed by atoms with van der Waals surface area (Å²) in [4.78, 5) is 10.5. The van der Waals surface area contributed by atoms with Crippen LogP contribution in [0.4, 0.5) is 11.4 Å². The molecular formula is C16H23BrN2O2. The van der Waals surface area contributed by atoms with Crippen molar-refractivity contribution in [3.8, 4) is 0 Å². The molecule has 1 aromatic rings. The fourth-order valence-electron chi connectivity index (χ4n) is 3.20. The molecule has 1 aliphatic carbocycles. The summed E-state index contributed by atoms with van der Waals surface area (Å²) in [5, 5.41) is 14.4. The van der Waals surface area contributed by atoms with Gasteiger partial charge in [-0.3, -0.25) is 10.1 Å². The molecule has 2 rings (SSSR count). The molecule has 0 saturated heterocycles. The maximum atomic E-state index is 10.8. The third-order valence-corrected chi connectivity index (χ3v) is 4.94. The molecule has 0 radical (unpaired) electrons. The zero-order valence-electron chi connectivity index (χ0n) is 12.5. The average molecular weight is 355 g/mol. The summed E-state index contributed by atoms with van der Waals surface area (Å²) in [6, 6.07) is 5.66. The fourth-order valence-corrected chi connectivity index (χ4v) is 3.72. The molecule has 0 amide bonds. The van der Waals surface area contributed by atoms with E-state index in [2.05, 4.69) is 28.2 Å². The third kappa shape index (κ3) is 4.70. The molecule has 1 N–H and O–H groups in total. The Morgan fingerprint density at radius 3 is 2.81 bits per heavy atom. The molecule has 1 saturated carbocycles. The van der Waals surface area contributed by atoms with Crippen LogP contribution in [0.5, 0.6) is 0 Å². The van der Waals surface area contributed by atoms with Crippen molar-refractivity contribution in [3.63, 3.8) is 0 Å². The van der Waals surface area contributed by atoms with Crippen LogP contribution in [0.3, 0.4) is 0 Å². The van der Waals surface area contributed by atoms with E-state index in [1.165, 1.54) is 44.9 Å². The normalized spacial score (nSPS) is 22.6. The molecular weight excluding hydrogens is 332 g/mol. The highest BCUT2D eigenvalue weighted by Gasteiger charge is 2.19. The topological polar surface area (TPSA) is 55.2 Å². The summed E-state index contributed by atoms with van der Waals surface area (Å²) in [6.45, 7) is 2.26. The van der Waals surface area contributed by atoms with Crippen LogP contribution in [0.25, 0.3) is 0 Å². The van der Waals surface area contributed by atoms with Crippen molar-refractivity contribution in [2.24, 2.45) is 5.92 Å². The van der Waals surface area contributed by atoms with Gasteiger partial charge in [-0.25, -0.2) is 0 Å². The largest absolute Gasteiger partial charge is 0.382 e. The Morgan fingerprint density at radius 2 is 2.14 bits per heavy atom. The van der Waals surface area contributed by atoms with Crippen molar-refractivity contribution in [1.29, 1.82) is 0 Å². The molecule has 1 aliphatic rings. The Labute approximate surface area is 134 Å². The Balaban J connectivity index is 1.95. The first-order chi connectivity index (χ1) is 10.1. The van der Waals surface area contributed by atoms with E-state index in [1.807, 2.05) is 6.07 Å². The molecule has 0 aromatic heterocycles. The monoisotopic (exact) mass is 354 g/mol. The smallest absolute Gasteiger partial charge is 0.283 e. The molecule has 0 aliphatic heterocycles. The van der Waals surface area contributed by atoms with E-state index >= 15 is 0 Å². The van der Waals surface area contributed by atoms with E-state index in [1.54, 1.807) is 12.1 Å². The van der Waals surface area contributed by atoms with Gasteiger partial charge in [0.2, 0.25) is 0 Å². The van der Waals surface area contributed by atoms with Crippen molar-refractivity contribution < 1.29 is 4.92 Å². The number of hydrogen-bond donors (Lipinski definition) is 1. The second-order valence-electron chi connectivity index (χ2n) is 5.93. The number of nitrogens with one attached hydrogen (secondary N) is 1. The summed E-state index contributed by atoms with van der Waals surface area (Å²) < 4.78 is 0.537. The number of anilines is 1. The summed E-state index contributed by atoms with van der Waals surface area (Å²) in [6.07, 6.45) is 8.91. The summed E-state index contributed by atoms with van der Waals surface area (Å²) >= 11 is 3.28. The lowest BCUT2D eigenvalue weighted by molar-refractivity contribution is -0.385. The highest BCUT2D eigenvalue weighted by molar-refractivity contribution is 9.10. The molecule has 1 aromatic carbocycles. The quantitative estimate of drug-likeness (QED) is 0.430. The minimum Gasteiger partial charge on any atom is -0.382 e. The van der Waals surface area contributed by atoms with Crippen LogP contribution in [-0.4, -0.2) is 11.0 Å². The number of halogens is 1. The number of nitro groups is 1. The molecule has 5 heteroatoms. The highest BCUT2D eigenvalue weighted by Crippen LogP contribution is 2.31. The van der Waals surface area contributed by atoms with Gasteiger partial charge in [0.15, 0.2) is 0 Å². The SMILES string of the molecule is CCCC1CCCC(Nc2ccc([N+](=O)[O-])c(Br)c2)CC1. The Bertz CT molecular complexity index is 493. The molecule has 4 nitrogen and oxygen atoms in total. The predicted molar refractivity (Wildman–Crippen MR) is 89.7 cm³/mol. The van der Waals surface area contributed by atoms with Gasteiger partial charge in [-0.05, 0) is 53.2 Å². The van der Waals surface area contributed by atoms with E-state index < -0.39 is 0 Å². The molecule has 2 unspecified atom stereocenters. The van der Waals surface area contributed by atoms with Crippen molar-refractivity contribution in [3.05, 3.63) is 32.8 Å². The van der Waals surface area contributed by atoms with Gasteiger partial charge in [-0.1, -0.05) is 32.6 Å². The minimum atomic E-state index is -0.366. The molecule has 0 spiro atoms. The lowest BCUT2D eigenvalue weighted by Crippen LogP contribution is -2.18. The summed E-state index contributed by atoms with van der Waals surface area (Å²) in [5.41, 5.74) is 1.08. The molecule has 2 atom stereocenters. The van der Waals surface area contributed by atoms with Gasteiger partial charge in [0, 0.05) is 17.8 Å². The van der Waals surface area contributed by atoms with Crippen LogP contribution in [0.15, 0.2) is 22.7 Å². The summed E-state index contributed by atoms with van der Waals surface area (Å²) in [5.74, 6) is 0.880. The zero-order valence-corrected chi connectivity index (χ0v) is 14.1. The number of nitrogens with zero attached hydrogens (tertiary/aromatic N) is 1. The number of nitro benzene ring substituents is 1. The lowest BCUT2D eigenvalue weighted by Gasteiger charge is -2.18. The van der Waals surface area contributed by atoms with E-state index in [0.717, 1.165) is 11.6 Å². The first-order valence-electron chi connectivity index (χ1n) is 7.80. The van der Waals surface area contributed by atoms with Crippen molar-refractivity contribution in [1.82, 2.24) is 0 Å². The lowest BCUT2D eigenvalue weighted by atomic mass is 9.95. The van der Waals surface area contributed by atoms with Gasteiger partial charge in [0.05, 0.1) is 9.40 Å². The number of hydrogen-bond acceptors (Lipinski definition) is 3. The van der Waals surface area contributed by atoms with Crippen LogP contribution in [0.1, 0.15) is 51.9 Å². The van der Waals surface area contributed by atoms with Crippen molar-refractivity contribution in [2.75, 3.05) is 5.32 Å². The van der Waals surface area contributed by atoms with Crippen LogP contribution >= 0.6 is 15.9 Å². The van der Waals surface area contributed by atoms with E-state index in [-0.39, 0.29) is 10.6 Å². The van der Waals surface area contributed by atoms with E-state index in [0.29, 0.717) is 10.5 Å². The average Bonchev–Trinajstić information content (AvgIpc) is 2.65. The van der Waals surface area contributed by atoms with E-state index in [4.69, 9.17) is 0 Å². The second kappa shape index (κ2) is 7.78. The Kier molecular flexibility index (Phi) is 6.03. The van der Waals surface area contributed by atoms with Crippen LogP contribution in [0, 0.1) is 16.0 Å². The van der Waals surface area contributed by atoms with Crippen molar-refractivity contribution >= 4 is 27.3 Å². The van der Waals surface area contributed by atoms with Gasteiger partial charge in [-0.15, -0.1) is 0 Å². The molecule has 116 valence electrons. The maximum absolute atomic E-state index is 10.8. The molecule has 21 heavy (non-hydrogen) atoms. The minimum absolute atomic E-state index is 0.115. The fraction of sp³-hybridized carbons (Fsp3) is 0.625. The first-order valence-corrected chi connectivity index (χ1v) is 8.60.